The minimum atomic E-state index is -4.65. The van der Waals surface area contributed by atoms with E-state index in [-0.39, 0.29) is 6.61 Å². The molecule has 0 aromatic carbocycles. The third-order valence-corrected chi connectivity index (χ3v) is 1.87. The zero-order valence-electron chi connectivity index (χ0n) is 8.31. The van der Waals surface area contributed by atoms with Gasteiger partial charge in [-0.3, -0.25) is 4.55 Å². The van der Waals surface area contributed by atoms with E-state index in [1.807, 2.05) is 0 Å². The summed E-state index contributed by atoms with van der Waals surface area (Å²) >= 11 is 0. The molecule has 6 nitrogen and oxygen atoms in total. The molecule has 0 amide bonds. The SMILES string of the molecule is CCCOC(=O)C(C)(C)OS(=O)(=O)O. The summed E-state index contributed by atoms with van der Waals surface area (Å²) in [6, 6.07) is 0. The second-order valence-electron chi connectivity index (χ2n) is 3.16. The molecule has 0 aromatic rings. The van der Waals surface area contributed by atoms with Crippen molar-refractivity contribution in [3.63, 3.8) is 0 Å². The summed E-state index contributed by atoms with van der Waals surface area (Å²) in [5, 5.41) is 0. The van der Waals surface area contributed by atoms with Crippen LogP contribution >= 0.6 is 0 Å². The quantitative estimate of drug-likeness (QED) is 0.543. The monoisotopic (exact) mass is 226 g/mol. The summed E-state index contributed by atoms with van der Waals surface area (Å²) in [7, 11) is -4.65. The lowest BCUT2D eigenvalue weighted by molar-refractivity contribution is -0.159. The Morgan fingerprint density at radius 1 is 1.43 bits per heavy atom. The van der Waals surface area contributed by atoms with Crippen molar-refractivity contribution in [1.29, 1.82) is 0 Å². The highest BCUT2D eigenvalue weighted by Crippen LogP contribution is 2.14. The predicted molar refractivity (Wildman–Crippen MR) is 48.0 cm³/mol. The standard InChI is InChI=1S/C7H14O6S/c1-4-5-12-6(8)7(2,3)13-14(9,10)11/h4-5H2,1-3H3,(H,9,10,11). The molecule has 0 radical (unpaired) electrons. The zero-order chi connectivity index (χ0) is 11.4. The second kappa shape index (κ2) is 4.72. The van der Waals surface area contributed by atoms with E-state index in [4.69, 9.17) is 4.55 Å². The molecule has 84 valence electrons. The molecule has 0 fully saturated rings. The van der Waals surface area contributed by atoms with Crippen molar-refractivity contribution in [3.8, 4) is 0 Å². The normalized spacial score (nSPS) is 12.6. The van der Waals surface area contributed by atoms with Crippen LogP contribution in [0.1, 0.15) is 27.2 Å². The molecule has 0 unspecified atom stereocenters. The van der Waals surface area contributed by atoms with Crippen LogP contribution in [-0.4, -0.2) is 31.1 Å². The third kappa shape index (κ3) is 5.15. The van der Waals surface area contributed by atoms with Gasteiger partial charge in [0.05, 0.1) is 6.61 Å². The molecule has 0 aliphatic rings. The topological polar surface area (TPSA) is 89.9 Å². The lowest BCUT2D eigenvalue weighted by atomic mass is 10.1. The first-order valence-electron chi connectivity index (χ1n) is 4.04. The largest absolute Gasteiger partial charge is 0.464 e. The van der Waals surface area contributed by atoms with E-state index in [9.17, 15) is 13.2 Å². The third-order valence-electron chi connectivity index (χ3n) is 1.24. The van der Waals surface area contributed by atoms with Gasteiger partial charge in [0.2, 0.25) is 0 Å². The molecule has 1 N–H and O–H groups in total. The van der Waals surface area contributed by atoms with E-state index in [1.54, 1.807) is 6.92 Å². The molecule has 7 heteroatoms. The van der Waals surface area contributed by atoms with Crippen LogP contribution in [0.25, 0.3) is 0 Å². The Labute approximate surface area is 83.2 Å². The molecule has 0 aliphatic carbocycles. The van der Waals surface area contributed by atoms with E-state index in [1.165, 1.54) is 13.8 Å². The van der Waals surface area contributed by atoms with Gasteiger partial charge in [-0.1, -0.05) is 6.92 Å². The highest BCUT2D eigenvalue weighted by molar-refractivity contribution is 7.81. The predicted octanol–water partition coefficient (Wildman–Crippen LogP) is 0.538. The molecule has 0 bridgehead atoms. The van der Waals surface area contributed by atoms with Gasteiger partial charge < -0.3 is 4.74 Å². The smallest absolute Gasteiger partial charge is 0.398 e. The number of rotatable bonds is 5. The number of hydrogen-bond acceptors (Lipinski definition) is 5. The van der Waals surface area contributed by atoms with Gasteiger partial charge in [-0.2, -0.15) is 8.42 Å². The van der Waals surface area contributed by atoms with Gasteiger partial charge >= 0.3 is 16.4 Å². The minimum Gasteiger partial charge on any atom is -0.464 e. The molecule has 0 aliphatic heterocycles. The number of carbonyl (C=O) groups excluding carboxylic acids is 1. The molecule has 0 atom stereocenters. The number of carbonyl (C=O) groups is 1. The molecule has 0 saturated carbocycles. The molecular formula is C7H14O6S. The van der Waals surface area contributed by atoms with Crippen LogP contribution < -0.4 is 0 Å². The fraction of sp³-hybridized carbons (Fsp3) is 0.857. The maximum absolute atomic E-state index is 11.2. The van der Waals surface area contributed by atoms with Crippen molar-refractivity contribution in [2.45, 2.75) is 32.8 Å². The highest BCUT2D eigenvalue weighted by atomic mass is 32.3. The molecular weight excluding hydrogens is 212 g/mol. The number of hydrogen-bond donors (Lipinski definition) is 1. The van der Waals surface area contributed by atoms with Gasteiger partial charge in [0.15, 0.2) is 5.60 Å². The fourth-order valence-electron chi connectivity index (χ4n) is 0.666. The lowest BCUT2D eigenvalue weighted by Crippen LogP contribution is -2.38. The summed E-state index contributed by atoms with van der Waals surface area (Å²) < 4.78 is 37.9. The van der Waals surface area contributed by atoms with Crippen molar-refractivity contribution in [3.05, 3.63) is 0 Å². The maximum Gasteiger partial charge on any atom is 0.398 e. The number of esters is 1. The highest BCUT2D eigenvalue weighted by Gasteiger charge is 2.35. The zero-order valence-corrected chi connectivity index (χ0v) is 9.13. The van der Waals surface area contributed by atoms with Gasteiger partial charge in [-0.25, -0.2) is 8.98 Å². The van der Waals surface area contributed by atoms with E-state index in [0.29, 0.717) is 6.42 Å². The summed E-state index contributed by atoms with van der Waals surface area (Å²) in [6.45, 7) is 4.36. The van der Waals surface area contributed by atoms with E-state index < -0.39 is 22.0 Å². The minimum absolute atomic E-state index is 0.178. The Balaban J connectivity index is 4.38. The molecule has 0 heterocycles. The van der Waals surface area contributed by atoms with Crippen molar-refractivity contribution in [1.82, 2.24) is 0 Å². The molecule has 0 aromatic heterocycles. The van der Waals surface area contributed by atoms with Crippen LogP contribution in [0, 0.1) is 0 Å². The molecule has 14 heavy (non-hydrogen) atoms. The summed E-state index contributed by atoms with van der Waals surface area (Å²) in [4.78, 5) is 11.2. The van der Waals surface area contributed by atoms with Crippen LogP contribution in [0.4, 0.5) is 0 Å². The van der Waals surface area contributed by atoms with Crippen LogP contribution in [0.3, 0.4) is 0 Å². The average molecular weight is 226 g/mol. The fourth-order valence-corrected chi connectivity index (χ4v) is 1.26. The Hall–Kier alpha value is -0.660. The Bertz CT molecular complexity index is 291. The van der Waals surface area contributed by atoms with Crippen LogP contribution in [-0.2, 0) is 24.1 Å². The second-order valence-corrected chi connectivity index (χ2v) is 4.18. The Kier molecular flexibility index (Phi) is 4.50. The van der Waals surface area contributed by atoms with Crippen molar-refractivity contribution in [2.75, 3.05) is 6.61 Å². The van der Waals surface area contributed by atoms with Crippen molar-refractivity contribution >= 4 is 16.4 Å². The molecule has 0 saturated heterocycles. The van der Waals surface area contributed by atoms with E-state index >= 15 is 0 Å². The Morgan fingerprint density at radius 3 is 2.29 bits per heavy atom. The van der Waals surface area contributed by atoms with Crippen LogP contribution in [0.2, 0.25) is 0 Å². The lowest BCUT2D eigenvalue weighted by Gasteiger charge is -2.20. The van der Waals surface area contributed by atoms with Gasteiger partial charge in [-0.15, -0.1) is 0 Å². The van der Waals surface area contributed by atoms with E-state index in [2.05, 4.69) is 8.92 Å². The maximum atomic E-state index is 11.2. The first-order valence-corrected chi connectivity index (χ1v) is 5.41. The van der Waals surface area contributed by atoms with Gasteiger partial charge in [-0.05, 0) is 20.3 Å². The summed E-state index contributed by atoms with van der Waals surface area (Å²) in [6.07, 6.45) is 0.619. The number of ether oxygens (including phenoxy) is 1. The first-order chi connectivity index (χ1) is 6.19. The van der Waals surface area contributed by atoms with Gasteiger partial charge in [0, 0.05) is 0 Å². The Morgan fingerprint density at radius 2 is 1.93 bits per heavy atom. The van der Waals surface area contributed by atoms with Crippen LogP contribution in [0.5, 0.6) is 0 Å². The summed E-state index contributed by atoms with van der Waals surface area (Å²) in [5.74, 6) is -0.836. The van der Waals surface area contributed by atoms with Crippen molar-refractivity contribution < 1.29 is 26.7 Å². The van der Waals surface area contributed by atoms with Gasteiger partial charge in [0.1, 0.15) is 0 Å². The van der Waals surface area contributed by atoms with Gasteiger partial charge in [0.25, 0.3) is 0 Å². The average Bonchev–Trinajstić information content (AvgIpc) is 1.95. The molecule has 0 spiro atoms. The van der Waals surface area contributed by atoms with Crippen molar-refractivity contribution in [2.24, 2.45) is 0 Å². The van der Waals surface area contributed by atoms with E-state index in [0.717, 1.165) is 0 Å². The van der Waals surface area contributed by atoms with Crippen LogP contribution in [0.15, 0.2) is 0 Å². The summed E-state index contributed by atoms with van der Waals surface area (Å²) in [5.41, 5.74) is -1.71. The molecule has 0 rings (SSSR count). The first kappa shape index (κ1) is 13.3.